The lowest BCUT2D eigenvalue weighted by molar-refractivity contribution is -0.139. The molecule has 0 spiro atoms. The van der Waals surface area contributed by atoms with Crippen molar-refractivity contribution in [1.29, 1.82) is 0 Å². The average Bonchev–Trinajstić information content (AvgIpc) is 3.16. The van der Waals surface area contributed by atoms with Gasteiger partial charge in [-0.15, -0.1) is 0 Å². The highest BCUT2D eigenvalue weighted by molar-refractivity contribution is 6.00. The quantitative estimate of drug-likeness (QED) is 0.590. The van der Waals surface area contributed by atoms with Gasteiger partial charge in [0.25, 0.3) is 0 Å². The van der Waals surface area contributed by atoms with Crippen LogP contribution in [-0.2, 0) is 19.1 Å². The van der Waals surface area contributed by atoms with Crippen molar-refractivity contribution in [3.8, 4) is 0 Å². The Morgan fingerprint density at radius 2 is 1.69 bits per heavy atom. The monoisotopic (exact) mass is 494 g/mol. The minimum Gasteiger partial charge on any atom is -0.444 e. The SMILES string of the molecule is CC(C)(C)OC(=O)NCCNC(=O)C1CCCN(C(=O)C2CC(=O)N(c3cc(F)cc(F)c3)C2)C1. The van der Waals surface area contributed by atoms with Crippen LogP contribution in [0.4, 0.5) is 19.3 Å². The van der Waals surface area contributed by atoms with Crippen molar-refractivity contribution >= 4 is 29.5 Å². The lowest BCUT2D eigenvalue weighted by Gasteiger charge is -2.33. The van der Waals surface area contributed by atoms with E-state index in [2.05, 4.69) is 10.6 Å². The number of halogens is 2. The molecule has 3 rings (SSSR count). The van der Waals surface area contributed by atoms with Crippen LogP contribution in [0.3, 0.4) is 0 Å². The number of ether oxygens (including phenoxy) is 1. The molecule has 0 bridgehead atoms. The van der Waals surface area contributed by atoms with Gasteiger partial charge in [0.2, 0.25) is 17.7 Å². The second-order valence-electron chi connectivity index (χ2n) is 9.88. The first-order valence-electron chi connectivity index (χ1n) is 11.7. The van der Waals surface area contributed by atoms with E-state index >= 15 is 0 Å². The van der Waals surface area contributed by atoms with Gasteiger partial charge < -0.3 is 25.2 Å². The normalized spacial score (nSPS) is 20.5. The van der Waals surface area contributed by atoms with Gasteiger partial charge in [-0.1, -0.05) is 0 Å². The molecular weight excluding hydrogens is 462 g/mol. The number of anilines is 1. The smallest absolute Gasteiger partial charge is 0.407 e. The number of alkyl carbamates (subject to hydrolysis) is 1. The molecule has 1 aromatic carbocycles. The third kappa shape index (κ3) is 7.37. The summed E-state index contributed by atoms with van der Waals surface area (Å²) in [6, 6.07) is 2.85. The number of benzene rings is 1. The van der Waals surface area contributed by atoms with E-state index in [1.165, 1.54) is 4.90 Å². The van der Waals surface area contributed by atoms with Gasteiger partial charge >= 0.3 is 6.09 Å². The summed E-state index contributed by atoms with van der Waals surface area (Å²) < 4.78 is 32.3. The third-order valence-electron chi connectivity index (χ3n) is 5.83. The number of nitrogens with one attached hydrogen (secondary N) is 2. The molecule has 1 aromatic rings. The maximum absolute atomic E-state index is 13.6. The van der Waals surface area contributed by atoms with Crippen LogP contribution >= 0.6 is 0 Å². The maximum Gasteiger partial charge on any atom is 0.407 e. The number of hydrogen-bond donors (Lipinski definition) is 2. The molecule has 2 N–H and O–H groups in total. The average molecular weight is 495 g/mol. The molecule has 0 aromatic heterocycles. The Hall–Kier alpha value is -3.24. The van der Waals surface area contributed by atoms with Crippen molar-refractivity contribution in [2.45, 2.75) is 45.6 Å². The minimum atomic E-state index is -0.797. The Morgan fingerprint density at radius 3 is 2.34 bits per heavy atom. The Kier molecular flexibility index (Phi) is 8.29. The molecule has 192 valence electrons. The van der Waals surface area contributed by atoms with E-state index in [1.807, 2.05) is 0 Å². The van der Waals surface area contributed by atoms with E-state index in [-0.39, 0.29) is 56.0 Å². The second-order valence-corrected chi connectivity index (χ2v) is 9.88. The van der Waals surface area contributed by atoms with Crippen LogP contribution in [0.2, 0.25) is 0 Å². The summed E-state index contributed by atoms with van der Waals surface area (Å²) in [7, 11) is 0. The summed E-state index contributed by atoms with van der Waals surface area (Å²) in [5, 5.41) is 5.33. The van der Waals surface area contributed by atoms with Crippen LogP contribution in [0.1, 0.15) is 40.0 Å². The first-order chi connectivity index (χ1) is 16.4. The summed E-state index contributed by atoms with van der Waals surface area (Å²) in [6.45, 7) is 6.42. The van der Waals surface area contributed by atoms with E-state index in [9.17, 15) is 28.0 Å². The van der Waals surface area contributed by atoms with Gasteiger partial charge in [0.15, 0.2) is 0 Å². The standard InChI is InChI=1S/C24H32F2N4O5/c1-24(2,3)35-23(34)28-7-6-27-21(32)15-5-4-8-29(13-15)22(33)16-9-20(31)30(14-16)19-11-17(25)10-18(26)12-19/h10-12,15-16H,4-9,13-14H2,1-3H3,(H,27,32)(H,28,34). The zero-order valence-electron chi connectivity index (χ0n) is 20.2. The van der Waals surface area contributed by atoms with E-state index < -0.39 is 35.2 Å². The van der Waals surface area contributed by atoms with Crippen molar-refractivity contribution in [2.75, 3.05) is 37.6 Å². The predicted molar refractivity (Wildman–Crippen MR) is 123 cm³/mol. The van der Waals surface area contributed by atoms with Crippen LogP contribution < -0.4 is 15.5 Å². The number of piperidine rings is 1. The van der Waals surface area contributed by atoms with E-state index in [0.29, 0.717) is 19.4 Å². The number of rotatable bonds is 6. The van der Waals surface area contributed by atoms with E-state index in [4.69, 9.17) is 4.74 Å². The van der Waals surface area contributed by atoms with Crippen molar-refractivity contribution in [3.63, 3.8) is 0 Å². The van der Waals surface area contributed by atoms with Gasteiger partial charge in [0, 0.05) is 50.9 Å². The molecule has 2 aliphatic rings. The summed E-state index contributed by atoms with van der Waals surface area (Å²) >= 11 is 0. The van der Waals surface area contributed by atoms with Gasteiger partial charge in [-0.3, -0.25) is 14.4 Å². The molecule has 4 amide bonds. The summed E-state index contributed by atoms with van der Waals surface area (Å²) in [4.78, 5) is 52.6. The minimum absolute atomic E-state index is 0.0320. The van der Waals surface area contributed by atoms with Gasteiger partial charge in [-0.2, -0.15) is 0 Å². The lowest BCUT2D eigenvalue weighted by Crippen LogP contribution is -2.48. The highest BCUT2D eigenvalue weighted by Crippen LogP contribution is 2.29. The molecule has 2 aliphatic heterocycles. The highest BCUT2D eigenvalue weighted by atomic mass is 19.1. The van der Waals surface area contributed by atoms with Gasteiger partial charge in [0.1, 0.15) is 17.2 Å². The fraction of sp³-hybridized carbons (Fsp3) is 0.583. The Labute approximate surface area is 203 Å². The fourth-order valence-corrected chi connectivity index (χ4v) is 4.28. The number of amides is 4. The van der Waals surface area contributed by atoms with Crippen molar-refractivity contribution in [2.24, 2.45) is 11.8 Å². The molecule has 2 atom stereocenters. The highest BCUT2D eigenvalue weighted by Gasteiger charge is 2.39. The molecule has 2 heterocycles. The Bertz CT molecular complexity index is 961. The molecule has 2 unspecified atom stereocenters. The summed E-state index contributed by atoms with van der Waals surface area (Å²) in [6.07, 6.45) is 0.635. The van der Waals surface area contributed by atoms with Crippen LogP contribution in [0.15, 0.2) is 18.2 Å². The van der Waals surface area contributed by atoms with Crippen LogP contribution in [0, 0.1) is 23.5 Å². The molecule has 35 heavy (non-hydrogen) atoms. The lowest BCUT2D eigenvalue weighted by atomic mass is 9.95. The Balaban J connectivity index is 1.48. The predicted octanol–water partition coefficient (Wildman–Crippen LogP) is 2.20. The van der Waals surface area contributed by atoms with Crippen LogP contribution in [-0.4, -0.2) is 67.0 Å². The number of carbonyl (C=O) groups is 4. The first kappa shape index (κ1) is 26.4. The molecule has 0 aliphatic carbocycles. The van der Waals surface area contributed by atoms with E-state index in [0.717, 1.165) is 18.2 Å². The molecule has 2 saturated heterocycles. The van der Waals surface area contributed by atoms with Gasteiger partial charge in [-0.05, 0) is 45.7 Å². The molecule has 2 fully saturated rings. The first-order valence-corrected chi connectivity index (χ1v) is 11.7. The largest absolute Gasteiger partial charge is 0.444 e. The zero-order valence-corrected chi connectivity index (χ0v) is 20.2. The topological polar surface area (TPSA) is 108 Å². The molecule has 11 heteroatoms. The zero-order chi connectivity index (χ0) is 25.8. The number of nitrogens with zero attached hydrogens (tertiary/aromatic N) is 2. The fourth-order valence-electron chi connectivity index (χ4n) is 4.28. The van der Waals surface area contributed by atoms with Crippen LogP contribution in [0.25, 0.3) is 0 Å². The van der Waals surface area contributed by atoms with Gasteiger partial charge in [-0.25, -0.2) is 13.6 Å². The molecule has 0 saturated carbocycles. The maximum atomic E-state index is 13.6. The second kappa shape index (κ2) is 11.0. The number of carbonyl (C=O) groups excluding carboxylic acids is 4. The van der Waals surface area contributed by atoms with Crippen LogP contribution in [0.5, 0.6) is 0 Å². The van der Waals surface area contributed by atoms with Crippen molar-refractivity contribution in [1.82, 2.24) is 15.5 Å². The third-order valence-corrected chi connectivity index (χ3v) is 5.83. The number of hydrogen-bond acceptors (Lipinski definition) is 5. The summed E-state index contributed by atoms with van der Waals surface area (Å²) in [5.41, 5.74) is -0.529. The van der Waals surface area contributed by atoms with E-state index in [1.54, 1.807) is 25.7 Å². The molecule has 0 radical (unpaired) electrons. The number of likely N-dealkylation sites (tertiary alicyclic amines) is 1. The Morgan fingerprint density at radius 1 is 1.03 bits per heavy atom. The van der Waals surface area contributed by atoms with Crippen molar-refractivity contribution in [3.05, 3.63) is 29.8 Å². The van der Waals surface area contributed by atoms with Crippen molar-refractivity contribution < 1.29 is 32.7 Å². The van der Waals surface area contributed by atoms with Gasteiger partial charge in [0.05, 0.1) is 11.8 Å². The molecule has 9 nitrogen and oxygen atoms in total. The molecular formula is C24H32F2N4O5. The summed E-state index contributed by atoms with van der Waals surface area (Å²) in [5.74, 6) is -3.48.